The third-order valence-corrected chi connectivity index (χ3v) is 3.17. The number of ether oxygens (including phenoxy) is 2. The van der Waals surface area contributed by atoms with Crippen molar-refractivity contribution < 1.29 is 32.2 Å². The van der Waals surface area contributed by atoms with Crippen molar-refractivity contribution in [1.82, 2.24) is 19.7 Å². The highest BCUT2D eigenvalue weighted by Crippen LogP contribution is 2.23. The van der Waals surface area contributed by atoms with Gasteiger partial charge in [-0.05, 0) is 0 Å². The second-order valence-corrected chi connectivity index (χ2v) is 4.89. The molecular formula is C13H15F3N4O4. The highest BCUT2D eigenvalue weighted by Gasteiger charge is 2.32. The standard InChI is InChI=1S/C13H15F3N4O4/c1-23-11(22)3-2-10(21)20-4-5-24-6-9(20)12-17-8-19(18-12)7-13(14,15)16/h2-3,8-9H,4-7H2,1H3/b3-2+. The summed E-state index contributed by atoms with van der Waals surface area (Å²) in [6.07, 6.45) is -1.49. The molecule has 0 radical (unpaired) electrons. The van der Waals surface area contributed by atoms with Crippen LogP contribution in [0.1, 0.15) is 11.9 Å². The van der Waals surface area contributed by atoms with Gasteiger partial charge < -0.3 is 14.4 Å². The molecule has 2 heterocycles. The first-order valence-electron chi connectivity index (χ1n) is 6.90. The van der Waals surface area contributed by atoms with Crippen LogP contribution in [0.3, 0.4) is 0 Å². The van der Waals surface area contributed by atoms with Gasteiger partial charge in [0.15, 0.2) is 5.82 Å². The van der Waals surface area contributed by atoms with Crippen LogP contribution in [-0.4, -0.2) is 64.6 Å². The van der Waals surface area contributed by atoms with E-state index in [9.17, 15) is 22.8 Å². The van der Waals surface area contributed by atoms with Crippen LogP contribution in [0, 0.1) is 0 Å². The van der Waals surface area contributed by atoms with Crippen LogP contribution in [0.2, 0.25) is 0 Å². The van der Waals surface area contributed by atoms with Gasteiger partial charge in [0.1, 0.15) is 18.9 Å². The molecule has 132 valence electrons. The van der Waals surface area contributed by atoms with Gasteiger partial charge >= 0.3 is 12.1 Å². The van der Waals surface area contributed by atoms with E-state index in [1.807, 2.05) is 0 Å². The van der Waals surface area contributed by atoms with Crippen LogP contribution >= 0.6 is 0 Å². The molecule has 1 unspecified atom stereocenters. The molecule has 2 rings (SSSR count). The Kier molecular flexibility index (Phi) is 5.54. The maximum Gasteiger partial charge on any atom is 0.408 e. The zero-order valence-corrected chi connectivity index (χ0v) is 12.7. The molecule has 1 atom stereocenters. The molecule has 0 aromatic carbocycles. The van der Waals surface area contributed by atoms with Gasteiger partial charge in [-0.1, -0.05) is 0 Å². The van der Waals surface area contributed by atoms with Gasteiger partial charge in [0, 0.05) is 18.7 Å². The molecule has 1 aromatic heterocycles. The van der Waals surface area contributed by atoms with Gasteiger partial charge in [0.2, 0.25) is 5.91 Å². The quantitative estimate of drug-likeness (QED) is 0.581. The number of morpholine rings is 1. The van der Waals surface area contributed by atoms with E-state index < -0.39 is 30.6 Å². The number of aromatic nitrogens is 3. The van der Waals surface area contributed by atoms with Crippen LogP contribution in [0.4, 0.5) is 13.2 Å². The Morgan fingerprint density at radius 1 is 1.46 bits per heavy atom. The summed E-state index contributed by atoms with van der Waals surface area (Å²) in [5.74, 6) is -1.17. The van der Waals surface area contributed by atoms with Gasteiger partial charge in [0.25, 0.3) is 0 Å². The zero-order valence-electron chi connectivity index (χ0n) is 12.7. The van der Waals surface area contributed by atoms with Crippen molar-refractivity contribution in [2.75, 3.05) is 26.9 Å². The number of amides is 1. The molecule has 1 aromatic rings. The summed E-state index contributed by atoms with van der Waals surface area (Å²) in [5, 5.41) is 3.76. The predicted octanol–water partition coefficient (Wildman–Crippen LogP) is 0.469. The topological polar surface area (TPSA) is 86.5 Å². The molecule has 0 spiro atoms. The Morgan fingerprint density at radius 2 is 2.21 bits per heavy atom. The van der Waals surface area contributed by atoms with Crippen LogP contribution in [0.25, 0.3) is 0 Å². The summed E-state index contributed by atoms with van der Waals surface area (Å²) in [4.78, 5) is 28.4. The second-order valence-electron chi connectivity index (χ2n) is 4.89. The van der Waals surface area contributed by atoms with E-state index in [4.69, 9.17) is 4.74 Å². The minimum absolute atomic E-state index is 0.0405. The Balaban J connectivity index is 2.13. The third-order valence-electron chi connectivity index (χ3n) is 3.17. The molecule has 1 saturated heterocycles. The molecule has 1 amide bonds. The van der Waals surface area contributed by atoms with Crippen molar-refractivity contribution in [2.24, 2.45) is 0 Å². The van der Waals surface area contributed by atoms with Gasteiger partial charge in [0.05, 0.1) is 20.3 Å². The fourth-order valence-corrected chi connectivity index (χ4v) is 2.11. The lowest BCUT2D eigenvalue weighted by molar-refractivity contribution is -0.143. The van der Waals surface area contributed by atoms with Crippen molar-refractivity contribution in [3.05, 3.63) is 24.3 Å². The molecular weight excluding hydrogens is 333 g/mol. The van der Waals surface area contributed by atoms with Crippen molar-refractivity contribution in [3.63, 3.8) is 0 Å². The average molecular weight is 348 g/mol. The number of alkyl halides is 3. The van der Waals surface area contributed by atoms with E-state index in [0.717, 1.165) is 18.5 Å². The maximum absolute atomic E-state index is 12.4. The minimum Gasteiger partial charge on any atom is -0.466 e. The van der Waals surface area contributed by atoms with Crippen LogP contribution in [0.5, 0.6) is 0 Å². The Bertz CT molecular complexity index is 629. The fraction of sp³-hybridized carbons (Fsp3) is 0.538. The number of halogens is 3. The highest BCUT2D eigenvalue weighted by molar-refractivity contribution is 5.94. The number of hydrogen-bond acceptors (Lipinski definition) is 6. The largest absolute Gasteiger partial charge is 0.466 e. The first-order valence-corrected chi connectivity index (χ1v) is 6.90. The van der Waals surface area contributed by atoms with E-state index in [2.05, 4.69) is 14.8 Å². The molecule has 1 fully saturated rings. The van der Waals surface area contributed by atoms with Gasteiger partial charge in [-0.25, -0.2) is 14.5 Å². The van der Waals surface area contributed by atoms with Gasteiger partial charge in [-0.15, -0.1) is 0 Å². The highest BCUT2D eigenvalue weighted by atomic mass is 19.4. The first-order chi connectivity index (χ1) is 11.3. The average Bonchev–Trinajstić information content (AvgIpc) is 2.98. The van der Waals surface area contributed by atoms with Crippen molar-refractivity contribution >= 4 is 11.9 Å². The van der Waals surface area contributed by atoms with E-state index in [1.165, 1.54) is 12.0 Å². The molecule has 0 aliphatic carbocycles. The number of methoxy groups -OCH3 is 1. The fourth-order valence-electron chi connectivity index (χ4n) is 2.11. The summed E-state index contributed by atoms with van der Waals surface area (Å²) < 4.78 is 47.4. The second kappa shape index (κ2) is 7.43. The molecule has 0 N–H and O–H groups in total. The zero-order chi connectivity index (χ0) is 17.7. The lowest BCUT2D eigenvalue weighted by atomic mass is 10.2. The van der Waals surface area contributed by atoms with E-state index in [1.54, 1.807) is 0 Å². The molecule has 1 aliphatic heterocycles. The number of esters is 1. The van der Waals surface area contributed by atoms with Gasteiger partial charge in [-0.2, -0.15) is 18.3 Å². The third kappa shape index (κ3) is 4.78. The Labute approximate surface area is 134 Å². The predicted molar refractivity (Wildman–Crippen MR) is 72.5 cm³/mol. The summed E-state index contributed by atoms with van der Waals surface area (Å²) in [6, 6.07) is -0.733. The van der Waals surface area contributed by atoms with Crippen LogP contribution < -0.4 is 0 Å². The van der Waals surface area contributed by atoms with E-state index in [0.29, 0.717) is 4.68 Å². The minimum atomic E-state index is -4.42. The van der Waals surface area contributed by atoms with Crippen molar-refractivity contribution in [2.45, 2.75) is 18.8 Å². The van der Waals surface area contributed by atoms with Gasteiger partial charge in [-0.3, -0.25) is 4.79 Å². The first kappa shape index (κ1) is 17.9. The number of carbonyl (C=O) groups is 2. The van der Waals surface area contributed by atoms with Crippen molar-refractivity contribution in [1.29, 1.82) is 0 Å². The summed E-state index contributed by atoms with van der Waals surface area (Å²) in [6.45, 7) is -0.766. The van der Waals surface area contributed by atoms with Crippen LogP contribution in [-0.2, 0) is 25.6 Å². The van der Waals surface area contributed by atoms with Crippen molar-refractivity contribution in [3.8, 4) is 0 Å². The Hall–Kier alpha value is -2.43. The number of nitrogens with zero attached hydrogens (tertiary/aromatic N) is 4. The lowest BCUT2D eigenvalue weighted by Crippen LogP contribution is -2.43. The Morgan fingerprint density at radius 3 is 2.88 bits per heavy atom. The van der Waals surface area contributed by atoms with E-state index >= 15 is 0 Å². The van der Waals surface area contributed by atoms with E-state index in [-0.39, 0.29) is 25.6 Å². The summed E-state index contributed by atoms with van der Waals surface area (Å²) >= 11 is 0. The monoisotopic (exact) mass is 348 g/mol. The summed E-state index contributed by atoms with van der Waals surface area (Å²) in [5.41, 5.74) is 0. The summed E-state index contributed by atoms with van der Waals surface area (Å²) in [7, 11) is 1.17. The normalized spacial score (nSPS) is 18.8. The molecule has 1 aliphatic rings. The molecule has 8 nitrogen and oxygen atoms in total. The molecule has 11 heteroatoms. The lowest BCUT2D eigenvalue weighted by Gasteiger charge is -2.33. The molecule has 0 bridgehead atoms. The van der Waals surface area contributed by atoms with Crippen LogP contribution in [0.15, 0.2) is 18.5 Å². The molecule has 24 heavy (non-hydrogen) atoms. The number of carbonyl (C=O) groups excluding carboxylic acids is 2. The molecule has 0 saturated carbocycles. The number of hydrogen-bond donors (Lipinski definition) is 0. The SMILES string of the molecule is COC(=O)/C=C/C(=O)N1CCOCC1c1ncn(CC(F)(F)F)n1. The smallest absolute Gasteiger partial charge is 0.408 e. The maximum atomic E-state index is 12.4. The number of rotatable bonds is 4.